The van der Waals surface area contributed by atoms with E-state index >= 15 is 0 Å². The van der Waals surface area contributed by atoms with Crippen LogP contribution in [-0.2, 0) is 4.79 Å². The van der Waals surface area contributed by atoms with Gasteiger partial charge in [0.2, 0.25) is 0 Å². The normalized spacial score (nSPS) is 15.1. The van der Waals surface area contributed by atoms with Crippen molar-refractivity contribution in [3.05, 3.63) is 0 Å². The molecule has 0 aliphatic heterocycles. The van der Waals surface area contributed by atoms with Crippen LogP contribution in [0.15, 0.2) is 0 Å². The number of carbonyl (C=O) groups is 2. The van der Waals surface area contributed by atoms with Crippen molar-refractivity contribution in [1.29, 1.82) is 0 Å². The van der Waals surface area contributed by atoms with Crippen LogP contribution in [0, 0.1) is 0 Å². The minimum atomic E-state index is -1.34. The van der Waals surface area contributed by atoms with Gasteiger partial charge in [0.1, 0.15) is 0 Å². The summed E-state index contributed by atoms with van der Waals surface area (Å²) < 4.78 is 0. The summed E-state index contributed by atoms with van der Waals surface area (Å²) in [5, 5.41) is 19.0. The van der Waals surface area contributed by atoms with Crippen LogP contribution in [0.3, 0.4) is 0 Å². The number of carboxylic acid groups (broad SMARTS) is 1. The second-order valence-corrected chi connectivity index (χ2v) is 2.07. The molecular formula is C5H10N2O4. The van der Waals surface area contributed by atoms with Gasteiger partial charge in [-0.05, 0) is 6.92 Å². The smallest absolute Gasteiger partial charge is 0.328 e. The van der Waals surface area contributed by atoms with Crippen LogP contribution in [0.5, 0.6) is 0 Å². The highest BCUT2D eigenvalue weighted by molar-refractivity contribution is 5.81. The van der Waals surface area contributed by atoms with Crippen molar-refractivity contribution in [3.8, 4) is 0 Å². The van der Waals surface area contributed by atoms with Gasteiger partial charge in [-0.3, -0.25) is 0 Å². The van der Waals surface area contributed by atoms with Crippen molar-refractivity contribution in [2.24, 2.45) is 5.73 Å². The molecule has 0 aromatic heterocycles. The zero-order chi connectivity index (χ0) is 9.02. The lowest BCUT2D eigenvalue weighted by Crippen LogP contribution is -2.49. The molecule has 0 fully saturated rings. The molecule has 0 radical (unpaired) electrons. The Morgan fingerprint density at radius 3 is 2.09 bits per heavy atom. The number of hydrogen-bond donors (Lipinski definition) is 4. The molecule has 0 spiro atoms. The maximum Gasteiger partial charge on any atom is 0.328 e. The summed E-state index contributed by atoms with van der Waals surface area (Å²) in [6.07, 6.45) is -1.17. The molecule has 64 valence electrons. The Kier molecular flexibility index (Phi) is 3.32. The molecule has 2 amide bonds. The standard InChI is InChI=1S/C5H10N2O4/c1-2(8)3(4(9)10)7-5(6)11/h2-3,8H,1H3,(H,9,10)(H3,6,7,11). The molecule has 0 saturated heterocycles. The predicted octanol–water partition coefficient (Wildman–Crippen LogP) is -1.51. The molecule has 2 unspecified atom stereocenters. The van der Waals surface area contributed by atoms with Crippen LogP contribution >= 0.6 is 0 Å². The lowest BCUT2D eigenvalue weighted by molar-refractivity contribution is -0.141. The summed E-state index contributed by atoms with van der Waals surface area (Å²) in [5.74, 6) is -1.32. The van der Waals surface area contributed by atoms with E-state index in [1.807, 2.05) is 5.32 Å². The maximum absolute atomic E-state index is 10.2. The third-order valence-corrected chi connectivity index (χ3v) is 1.05. The van der Waals surface area contributed by atoms with Crippen LogP contribution in [0.1, 0.15) is 6.92 Å². The van der Waals surface area contributed by atoms with Gasteiger partial charge in [-0.15, -0.1) is 0 Å². The zero-order valence-electron chi connectivity index (χ0n) is 5.94. The van der Waals surface area contributed by atoms with Gasteiger partial charge in [-0.25, -0.2) is 9.59 Å². The number of aliphatic hydroxyl groups excluding tert-OH is 1. The van der Waals surface area contributed by atoms with Crippen LogP contribution in [-0.4, -0.2) is 34.4 Å². The van der Waals surface area contributed by atoms with Gasteiger partial charge in [0.05, 0.1) is 6.10 Å². The number of primary amides is 1. The molecule has 6 heteroatoms. The first-order valence-corrected chi connectivity index (χ1v) is 2.92. The molecule has 11 heavy (non-hydrogen) atoms. The molecule has 0 saturated carbocycles. The Labute approximate surface area is 63.0 Å². The fourth-order valence-corrected chi connectivity index (χ4v) is 0.542. The fourth-order valence-electron chi connectivity index (χ4n) is 0.542. The van der Waals surface area contributed by atoms with E-state index in [9.17, 15) is 9.59 Å². The molecule has 2 atom stereocenters. The largest absolute Gasteiger partial charge is 0.480 e. The van der Waals surface area contributed by atoms with Crippen LogP contribution in [0.25, 0.3) is 0 Å². The Morgan fingerprint density at radius 2 is 2.00 bits per heavy atom. The lowest BCUT2D eigenvalue weighted by Gasteiger charge is -2.14. The molecule has 6 nitrogen and oxygen atoms in total. The van der Waals surface area contributed by atoms with Crippen molar-refractivity contribution in [2.75, 3.05) is 0 Å². The van der Waals surface area contributed by atoms with Gasteiger partial charge in [0.25, 0.3) is 0 Å². The van der Waals surface area contributed by atoms with E-state index in [1.165, 1.54) is 6.92 Å². The van der Waals surface area contributed by atoms with Crippen molar-refractivity contribution in [1.82, 2.24) is 5.32 Å². The fraction of sp³-hybridized carbons (Fsp3) is 0.600. The number of aliphatic carboxylic acids is 1. The first kappa shape index (κ1) is 9.70. The number of nitrogens with one attached hydrogen (secondary N) is 1. The van der Waals surface area contributed by atoms with Gasteiger partial charge < -0.3 is 21.3 Å². The highest BCUT2D eigenvalue weighted by Crippen LogP contribution is 1.91. The average Bonchev–Trinajstić information content (AvgIpc) is 1.81. The van der Waals surface area contributed by atoms with E-state index in [1.54, 1.807) is 0 Å². The number of carbonyl (C=O) groups excluding carboxylic acids is 1. The summed E-state index contributed by atoms with van der Waals surface area (Å²) in [6.45, 7) is 1.24. The predicted molar refractivity (Wildman–Crippen MR) is 35.8 cm³/mol. The van der Waals surface area contributed by atoms with E-state index in [-0.39, 0.29) is 0 Å². The molecule has 0 aliphatic rings. The zero-order valence-corrected chi connectivity index (χ0v) is 5.94. The number of amides is 2. The third kappa shape index (κ3) is 3.41. The van der Waals surface area contributed by atoms with Gasteiger partial charge in [0, 0.05) is 0 Å². The number of urea groups is 1. The quantitative estimate of drug-likeness (QED) is 0.404. The summed E-state index contributed by atoms with van der Waals surface area (Å²) >= 11 is 0. The van der Waals surface area contributed by atoms with Gasteiger partial charge >= 0.3 is 12.0 Å². The summed E-state index contributed by atoms with van der Waals surface area (Å²) in [5.41, 5.74) is 4.64. The van der Waals surface area contributed by atoms with Crippen LogP contribution in [0.4, 0.5) is 4.79 Å². The average molecular weight is 162 g/mol. The van der Waals surface area contributed by atoms with Gasteiger partial charge in [0.15, 0.2) is 6.04 Å². The molecule has 0 rings (SSSR count). The van der Waals surface area contributed by atoms with E-state index in [0.717, 1.165) is 0 Å². The SMILES string of the molecule is CC(O)C(NC(N)=O)C(=O)O. The molecular weight excluding hydrogens is 152 g/mol. The number of rotatable bonds is 3. The molecule has 0 aromatic carbocycles. The second-order valence-electron chi connectivity index (χ2n) is 2.07. The first-order valence-electron chi connectivity index (χ1n) is 2.92. The van der Waals surface area contributed by atoms with Gasteiger partial charge in [-0.2, -0.15) is 0 Å². The van der Waals surface area contributed by atoms with E-state index in [4.69, 9.17) is 10.2 Å². The molecule has 0 bridgehead atoms. The maximum atomic E-state index is 10.2. The Morgan fingerprint density at radius 1 is 1.55 bits per heavy atom. The summed E-state index contributed by atoms with van der Waals surface area (Å²) in [6, 6.07) is -2.31. The summed E-state index contributed by atoms with van der Waals surface area (Å²) in [4.78, 5) is 20.4. The van der Waals surface area contributed by atoms with Crippen molar-refractivity contribution >= 4 is 12.0 Å². The Hall–Kier alpha value is -1.30. The molecule has 0 aliphatic carbocycles. The monoisotopic (exact) mass is 162 g/mol. The Balaban J connectivity index is 4.12. The Bertz CT molecular complexity index is 168. The number of aliphatic hydroxyl groups is 1. The number of hydrogen-bond acceptors (Lipinski definition) is 3. The molecule has 0 aromatic rings. The second kappa shape index (κ2) is 3.77. The molecule has 0 heterocycles. The van der Waals surface area contributed by atoms with Crippen molar-refractivity contribution in [3.63, 3.8) is 0 Å². The van der Waals surface area contributed by atoms with Crippen molar-refractivity contribution < 1.29 is 19.8 Å². The van der Waals surface area contributed by atoms with Crippen LogP contribution in [0.2, 0.25) is 0 Å². The number of nitrogens with two attached hydrogens (primary N) is 1. The van der Waals surface area contributed by atoms with Gasteiger partial charge in [-0.1, -0.05) is 0 Å². The van der Waals surface area contributed by atoms with E-state index in [2.05, 4.69) is 5.73 Å². The highest BCUT2D eigenvalue weighted by Gasteiger charge is 2.23. The highest BCUT2D eigenvalue weighted by atomic mass is 16.4. The third-order valence-electron chi connectivity index (χ3n) is 1.05. The first-order chi connectivity index (χ1) is 4.95. The minimum absolute atomic E-state index is 0.974. The van der Waals surface area contributed by atoms with E-state index in [0.29, 0.717) is 0 Å². The summed E-state index contributed by atoms with van der Waals surface area (Å²) in [7, 11) is 0. The lowest BCUT2D eigenvalue weighted by atomic mass is 10.2. The van der Waals surface area contributed by atoms with Crippen LogP contribution < -0.4 is 11.1 Å². The molecule has 5 N–H and O–H groups in total. The van der Waals surface area contributed by atoms with Crippen molar-refractivity contribution in [2.45, 2.75) is 19.1 Å². The van der Waals surface area contributed by atoms with E-state index < -0.39 is 24.1 Å². The topological polar surface area (TPSA) is 113 Å². The minimum Gasteiger partial charge on any atom is -0.480 e. The number of carboxylic acids is 1.